The third-order valence-corrected chi connectivity index (χ3v) is 7.28. The van der Waals surface area contributed by atoms with E-state index in [0.717, 1.165) is 30.2 Å². The topological polar surface area (TPSA) is 69.0 Å². The Labute approximate surface area is 194 Å². The molecule has 0 spiro atoms. The highest BCUT2D eigenvalue weighted by Gasteiger charge is 2.24. The maximum absolute atomic E-state index is 12.6. The van der Waals surface area contributed by atoms with E-state index in [-0.39, 0.29) is 18.6 Å². The van der Waals surface area contributed by atoms with Gasteiger partial charge in [-0.2, -0.15) is 0 Å². The SMILES string of the molecule is CCC(CC)n1c(COc2ccccc2Cl)nnc1SCC(=O)NC1CCCCC1C. The summed E-state index contributed by atoms with van der Waals surface area (Å²) in [6.07, 6.45) is 6.63. The molecule has 170 valence electrons. The number of ether oxygens (including phenoxy) is 1. The van der Waals surface area contributed by atoms with Crippen molar-refractivity contribution in [1.82, 2.24) is 20.1 Å². The van der Waals surface area contributed by atoms with Crippen molar-refractivity contribution in [2.24, 2.45) is 5.92 Å². The fourth-order valence-corrected chi connectivity index (χ4v) is 5.16. The summed E-state index contributed by atoms with van der Waals surface area (Å²) in [5.41, 5.74) is 0. The van der Waals surface area contributed by atoms with E-state index in [4.69, 9.17) is 16.3 Å². The predicted octanol–water partition coefficient (Wildman–Crippen LogP) is 5.66. The van der Waals surface area contributed by atoms with Crippen molar-refractivity contribution in [3.05, 3.63) is 35.1 Å². The van der Waals surface area contributed by atoms with Gasteiger partial charge >= 0.3 is 0 Å². The highest BCUT2D eigenvalue weighted by molar-refractivity contribution is 7.99. The summed E-state index contributed by atoms with van der Waals surface area (Å²) >= 11 is 7.66. The van der Waals surface area contributed by atoms with Crippen LogP contribution in [0.4, 0.5) is 0 Å². The highest BCUT2D eigenvalue weighted by Crippen LogP contribution is 2.29. The Bertz CT molecular complexity index is 856. The Balaban J connectivity index is 1.66. The Morgan fingerprint density at radius 3 is 2.71 bits per heavy atom. The van der Waals surface area contributed by atoms with Gasteiger partial charge < -0.3 is 14.6 Å². The molecule has 2 unspecified atom stereocenters. The summed E-state index contributed by atoms with van der Waals surface area (Å²) in [6, 6.07) is 7.94. The van der Waals surface area contributed by atoms with Crippen LogP contribution in [0.3, 0.4) is 0 Å². The van der Waals surface area contributed by atoms with Crippen molar-refractivity contribution in [3.63, 3.8) is 0 Å². The first-order valence-corrected chi connectivity index (χ1v) is 12.6. The Morgan fingerprint density at radius 2 is 2.00 bits per heavy atom. The number of halogens is 1. The number of carbonyl (C=O) groups excluding carboxylic acids is 1. The molecule has 3 rings (SSSR count). The van der Waals surface area contributed by atoms with Gasteiger partial charge in [0.05, 0.1) is 10.8 Å². The molecule has 0 aliphatic heterocycles. The number of thioether (sulfide) groups is 1. The minimum atomic E-state index is 0.0664. The van der Waals surface area contributed by atoms with E-state index in [0.29, 0.717) is 28.5 Å². The van der Waals surface area contributed by atoms with Crippen LogP contribution >= 0.6 is 23.4 Å². The number of hydrogen-bond acceptors (Lipinski definition) is 5. The summed E-state index contributed by atoms with van der Waals surface area (Å²) in [5.74, 6) is 2.32. The van der Waals surface area contributed by atoms with Crippen LogP contribution in [-0.4, -0.2) is 32.5 Å². The maximum atomic E-state index is 12.6. The van der Waals surface area contributed by atoms with Gasteiger partial charge in [0.2, 0.25) is 5.91 Å². The molecule has 1 aromatic carbocycles. The smallest absolute Gasteiger partial charge is 0.230 e. The van der Waals surface area contributed by atoms with Crippen LogP contribution in [-0.2, 0) is 11.4 Å². The van der Waals surface area contributed by atoms with Crippen molar-refractivity contribution in [1.29, 1.82) is 0 Å². The number of nitrogens with one attached hydrogen (secondary N) is 1. The van der Waals surface area contributed by atoms with Crippen LogP contribution in [0.5, 0.6) is 5.75 Å². The zero-order valence-electron chi connectivity index (χ0n) is 18.6. The van der Waals surface area contributed by atoms with Gasteiger partial charge in [-0.1, -0.05) is 69.1 Å². The Hall–Kier alpha value is -1.73. The lowest BCUT2D eigenvalue weighted by Gasteiger charge is -2.29. The first-order valence-electron chi connectivity index (χ1n) is 11.3. The number of carbonyl (C=O) groups is 1. The molecule has 1 heterocycles. The van der Waals surface area contributed by atoms with Gasteiger partial charge in [0.25, 0.3) is 0 Å². The summed E-state index contributed by atoms with van der Waals surface area (Å²) in [7, 11) is 0. The van der Waals surface area contributed by atoms with E-state index in [1.807, 2.05) is 18.2 Å². The number of amides is 1. The van der Waals surface area contributed by atoms with E-state index < -0.39 is 0 Å². The molecule has 2 atom stereocenters. The third kappa shape index (κ3) is 6.39. The second-order valence-corrected chi connectivity index (χ2v) is 9.53. The van der Waals surface area contributed by atoms with Crippen molar-refractivity contribution in [2.45, 2.75) is 83.1 Å². The fraction of sp³-hybridized carbons (Fsp3) is 0.609. The maximum Gasteiger partial charge on any atom is 0.230 e. The number of para-hydroxylation sites is 1. The average Bonchev–Trinajstić information content (AvgIpc) is 3.17. The standard InChI is InChI=1S/C23H33ClN4O2S/c1-4-17(5-2)28-21(14-30-20-13-9-7-11-18(20)24)26-27-23(28)31-15-22(29)25-19-12-8-6-10-16(19)3/h7,9,11,13,16-17,19H,4-6,8,10,12,14-15H2,1-3H3,(H,25,29). The van der Waals surface area contributed by atoms with Crippen LogP contribution < -0.4 is 10.1 Å². The minimum Gasteiger partial charge on any atom is -0.484 e. The zero-order chi connectivity index (χ0) is 22.2. The van der Waals surface area contributed by atoms with Crippen molar-refractivity contribution in [3.8, 4) is 5.75 Å². The molecule has 31 heavy (non-hydrogen) atoms. The normalized spacial score (nSPS) is 18.9. The number of benzene rings is 1. The highest BCUT2D eigenvalue weighted by atomic mass is 35.5. The van der Waals surface area contributed by atoms with Crippen LogP contribution in [0, 0.1) is 5.92 Å². The molecule has 1 amide bonds. The lowest BCUT2D eigenvalue weighted by Crippen LogP contribution is -2.41. The summed E-state index contributed by atoms with van der Waals surface area (Å²) in [5, 5.41) is 13.3. The molecule has 0 radical (unpaired) electrons. The molecule has 1 saturated carbocycles. The quantitative estimate of drug-likeness (QED) is 0.459. The molecular weight excluding hydrogens is 432 g/mol. The van der Waals surface area contributed by atoms with E-state index in [1.54, 1.807) is 6.07 Å². The van der Waals surface area contributed by atoms with Crippen molar-refractivity contribution >= 4 is 29.3 Å². The summed E-state index contributed by atoms with van der Waals surface area (Å²) in [6.45, 7) is 6.81. The van der Waals surface area contributed by atoms with Gasteiger partial charge in [0, 0.05) is 12.1 Å². The second kappa shape index (κ2) is 11.8. The zero-order valence-corrected chi connectivity index (χ0v) is 20.2. The molecule has 1 N–H and O–H groups in total. The first-order chi connectivity index (χ1) is 15.0. The molecule has 1 aliphatic carbocycles. The van der Waals surface area contributed by atoms with Crippen LogP contribution in [0.2, 0.25) is 5.02 Å². The van der Waals surface area contributed by atoms with Gasteiger partial charge in [-0.15, -0.1) is 10.2 Å². The Kier molecular flexibility index (Phi) is 9.08. The molecule has 1 aliphatic rings. The van der Waals surface area contributed by atoms with E-state index >= 15 is 0 Å². The third-order valence-electron chi connectivity index (χ3n) is 6.03. The van der Waals surface area contributed by atoms with Crippen LogP contribution in [0.25, 0.3) is 0 Å². The second-order valence-electron chi connectivity index (χ2n) is 8.18. The molecule has 8 heteroatoms. The lowest BCUT2D eigenvalue weighted by atomic mass is 9.86. The van der Waals surface area contributed by atoms with E-state index in [9.17, 15) is 4.79 Å². The van der Waals surface area contributed by atoms with Gasteiger partial charge in [-0.25, -0.2) is 0 Å². The predicted molar refractivity (Wildman–Crippen MR) is 126 cm³/mol. The monoisotopic (exact) mass is 464 g/mol. The van der Waals surface area contributed by atoms with Gasteiger partial charge in [0.1, 0.15) is 12.4 Å². The number of aromatic nitrogens is 3. The van der Waals surface area contributed by atoms with E-state index in [1.165, 1.54) is 31.0 Å². The van der Waals surface area contributed by atoms with Crippen molar-refractivity contribution < 1.29 is 9.53 Å². The van der Waals surface area contributed by atoms with Gasteiger partial charge in [0.15, 0.2) is 11.0 Å². The molecule has 6 nitrogen and oxygen atoms in total. The number of hydrogen-bond donors (Lipinski definition) is 1. The first kappa shape index (κ1) is 23.9. The summed E-state index contributed by atoms with van der Waals surface area (Å²) in [4.78, 5) is 12.6. The lowest BCUT2D eigenvalue weighted by molar-refractivity contribution is -0.119. The van der Waals surface area contributed by atoms with Crippen LogP contribution in [0.1, 0.15) is 71.2 Å². The minimum absolute atomic E-state index is 0.0664. The Morgan fingerprint density at radius 1 is 1.26 bits per heavy atom. The van der Waals surface area contributed by atoms with E-state index in [2.05, 4.69) is 40.9 Å². The van der Waals surface area contributed by atoms with Gasteiger partial charge in [-0.3, -0.25) is 4.79 Å². The molecule has 0 saturated heterocycles. The van der Waals surface area contributed by atoms with Gasteiger partial charge in [-0.05, 0) is 43.7 Å². The molecule has 0 bridgehead atoms. The number of rotatable bonds is 10. The fourth-order valence-electron chi connectivity index (χ4n) is 4.14. The van der Waals surface area contributed by atoms with Crippen molar-refractivity contribution in [2.75, 3.05) is 5.75 Å². The molecule has 2 aromatic rings. The van der Waals surface area contributed by atoms with Crippen LogP contribution in [0.15, 0.2) is 29.4 Å². The number of nitrogens with zero attached hydrogens (tertiary/aromatic N) is 3. The molecule has 1 fully saturated rings. The molecular formula is C23H33ClN4O2S. The summed E-state index contributed by atoms with van der Waals surface area (Å²) < 4.78 is 8.03. The largest absolute Gasteiger partial charge is 0.484 e. The molecule has 1 aromatic heterocycles. The average molecular weight is 465 g/mol.